The number of aromatic nitrogens is 3. The van der Waals surface area contributed by atoms with Crippen LogP contribution >= 0.6 is 45.5 Å². The maximum absolute atomic E-state index is 13.7. The van der Waals surface area contributed by atoms with Crippen LogP contribution in [-0.2, 0) is 12.4 Å². The van der Waals surface area contributed by atoms with Gasteiger partial charge in [-0.25, -0.2) is 14.4 Å². The summed E-state index contributed by atoms with van der Waals surface area (Å²) in [5.74, 6) is 0.779. The monoisotopic (exact) mass is 407 g/mol. The lowest BCUT2D eigenvalue weighted by Crippen LogP contribution is -2.03. The number of hydrogen-bond acceptors (Lipinski definition) is 3. The van der Waals surface area contributed by atoms with Crippen molar-refractivity contribution in [1.82, 2.24) is 14.5 Å². The summed E-state index contributed by atoms with van der Waals surface area (Å²) >= 11 is 9.45. The quantitative estimate of drug-likeness (QED) is 0.485. The summed E-state index contributed by atoms with van der Waals surface area (Å²) < 4.78 is 16.2. The molecule has 0 amide bonds. The van der Waals surface area contributed by atoms with Crippen LogP contribution in [0.3, 0.4) is 0 Å². The number of thiazole rings is 1. The normalized spacial score (nSPS) is 11.3. The SMILES string of the molecule is Fc1cc2c(cc1I)nc(CCl)n2Cc1nccs1. The average molecular weight is 408 g/mol. The van der Waals surface area contributed by atoms with Gasteiger partial charge in [-0.3, -0.25) is 0 Å². The summed E-state index contributed by atoms with van der Waals surface area (Å²) in [5.41, 5.74) is 1.52. The molecular formula is C12H8ClFIN3S. The fourth-order valence-corrected chi connectivity index (χ4v) is 3.17. The smallest absolute Gasteiger partial charge is 0.138 e. The molecule has 0 saturated carbocycles. The average Bonchev–Trinajstić information content (AvgIpc) is 3.00. The highest BCUT2D eigenvalue weighted by Gasteiger charge is 2.13. The van der Waals surface area contributed by atoms with Gasteiger partial charge in [0, 0.05) is 17.6 Å². The van der Waals surface area contributed by atoms with Crippen molar-refractivity contribution in [2.45, 2.75) is 12.4 Å². The summed E-state index contributed by atoms with van der Waals surface area (Å²) in [6.07, 6.45) is 1.75. The van der Waals surface area contributed by atoms with Crippen molar-refractivity contribution >= 4 is 56.6 Å². The topological polar surface area (TPSA) is 30.7 Å². The van der Waals surface area contributed by atoms with Crippen molar-refractivity contribution in [3.05, 3.63) is 43.9 Å². The molecule has 0 unspecified atom stereocenters. The molecule has 7 heteroatoms. The van der Waals surface area contributed by atoms with Gasteiger partial charge in [0.25, 0.3) is 0 Å². The summed E-state index contributed by atoms with van der Waals surface area (Å²) in [6, 6.07) is 3.24. The maximum Gasteiger partial charge on any atom is 0.138 e. The van der Waals surface area contributed by atoms with E-state index in [2.05, 4.69) is 9.97 Å². The highest BCUT2D eigenvalue weighted by Crippen LogP contribution is 2.24. The van der Waals surface area contributed by atoms with Gasteiger partial charge in [0.1, 0.15) is 16.6 Å². The molecule has 2 aromatic heterocycles. The van der Waals surface area contributed by atoms with E-state index in [1.54, 1.807) is 23.6 Å². The van der Waals surface area contributed by atoms with Crippen LogP contribution in [0.15, 0.2) is 23.7 Å². The van der Waals surface area contributed by atoms with Crippen LogP contribution in [-0.4, -0.2) is 14.5 Å². The number of alkyl halides is 1. The van der Waals surface area contributed by atoms with Crippen LogP contribution < -0.4 is 0 Å². The molecule has 3 nitrogen and oxygen atoms in total. The standard InChI is InChI=1S/C12H8ClFIN3S/c13-5-11-17-9-4-8(15)7(14)3-10(9)18(11)6-12-16-1-2-19-12/h1-4H,5-6H2. The molecule has 3 rings (SSSR count). The lowest BCUT2D eigenvalue weighted by molar-refractivity contribution is 0.621. The van der Waals surface area contributed by atoms with E-state index in [0.29, 0.717) is 10.1 Å². The van der Waals surface area contributed by atoms with Gasteiger partial charge in [0.15, 0.2) is 0 Å². The highest BCUT2D eigenvalue weighted by atomic mass is 127. The number of benzene rings is 1. The zero-order valence-corrected chi connectivity index (χ0v) is 13.3. The van der Waals surface area contributed by atoms with Crippen molar-refractivity contribution in [3.63, 3.8) is 0 Å². The molecule has 0 saturated heterocycles. The minimum absolute atomic E-state index is 0.241. The first-order chi connectivity index (χ1) is 9.19. The van der Waals surface area contributed by atoms with E-state index in [4.69, 9.17) is 11.6 Å². The second-order valence-corrected chi connectivity index (χ2v) is 6.34. The first kappa shape index (κ1) is 13.3. The number of halogens is 3. The fraction of sp³-hybridized carbons (Fsp3) is 0.167. The van der Waals surface area contributed by atoms with E-state index in [1.807, 2.05) is 32.5 Å². The van der Waals surface area contributed by atoms with E-state index in [-0.39, 0.29) is 11.7 Å². The van der Waals surface area contributed by atoms with Crippen molar-refractivity contribution in [2.75, 3.05) is 0 Å². The van der Waals surface area contributed by atoms with E-state index in [9.17, 15) is 4.39 Å². The van der Waals surface area contributed by atoms with Gasteiger partial charge in [-0.05, 0) is 28.7 Å². The molecule has 0 atom stereocenters. The van der Waals surface area contributed by atoms with Gasteiger partial charge in [-0.15, -0.1) is 22.9 Å². The predicted octanol–water partition coefficient (Wildman–Crippen LogP) is 4.02. The third-order valence-electron chi connectivity index (χ3n) is 2.77. The Morgan fingerprint density at radius 2 is 2.26 bits per heavy atom. The summed E-state index contributed by atoms with van der Waals surface area (Å²) in [5, 5.41) is 2.86. The lowest BCUT2D eigenvalue weighted by atomic mass is 10.3. The zero-order chi connectivity index (χ0) is 13.4. The first-order valence-corrected chi connectivity index (χ1v) is 7.97. The Bertz CT molecular complexity index is 726. The Balaban J connectivity index is 2.17. The second-order valence-electron chi connectivity index (χ2n) is 3.93. The number of fused-ring (bicyclic) bond motifs is 1. The number of nitrogens with zero attached hydrogens (tertiary/aromatic N) is 3. The highest BCUT2D eigenvalue weighted by molar-refractivity contribution is 14.1. The molecule has 1 aromatic carbocycles. The van der Waals surface area contributed by atoms with Gasteiger partial charge in [-0.2, -0.15) is 0 Å². The molecule has 0 fully saturated rings. The van der Waals surface area contributed by atoms with Crippen LogP contribution in [0, 0.1) is 9.39 Å². The van der Waals surface area contributed by atoms with Gasteiger partial charge in [0.2, 0.25) is 0 Å². The van der Waals surface area contributed by atoms with Crippen LogP contribution in [0.4, 0.5) is 4.39 Å². The third-order valence-corrected chi connectivity index (χ3v) is 4.60. The zero-order valence-electron chi connectivity index (χ0n) is 9.61. The molecule has 3 aromatic rings. The molecule has 0 radical (unpaired) electrons. The Labute approximate surface area is 131 Å². The molecule has 0 aliphatic heterocycles. The summed E-state index contributed by atoms with van der Waals surface area (Å²) in [6.45, 7) is 0.566. The molecule has 0 bridgehead atoms. The molecular weight excluding hydrogens is 400 g/mol. The molecule has 0 spiro atoms. The van der Waals surface area contributed by atoms with Crippen molar-refractivity contribution in [1.29, 1.82) is 0 Å². The van der Waals surface area contributed by atoms with Gasteiger partial charge < -0.3 is 4.57 Å². The van der Waals surface area contributed by atoms with Crippen LogP contribution in [0.25, 0.3) is 11.0 Å². The number of imidazole rings is 1. The van der Waals surface area contributed by atoms with Crippen molar-refractivity contribution in [3.8, 4) is 0 Å². The lowest BCUT2D eigenvalue weighted by Gasteiger charge is -2.05. The molecule has 98 valence electrons. The molecule has 0 N–H and O–H groups in total. The van der Waals surface area contributed by atoms with Crippen molar-refractivity contribution in [2.24, 2.45) is 0 Å². The van der Waals surface area contributed by atoms with Gasteiger partial charge in [-0.1, -0.05) is 0 Å². The van der Waals surface area contributed by atoms with E-state index >= 15 is 0 Å². The molecule has 19 heavy (non-hydrogen) atoms. The molecule has 0 aliphatic rings. The molecule has 2 heterocycles. The van der Waals surface area contributed by atoms with E-state index in [0.717, 1.165) is 21.9 Å². The summed E-state index contributed by atoms with van der Waals surface area (Å²) in [7, 11) is 0. The van der Waals surface area contributed by atoms with E-state index in [1.165, 1.54) is 6.07 Å². The largest absolute Gasteiger partial charge is 0.320 e. The first-order valence-electron chi connectivity index (χ1n) is 5.47. The Morgan fingerprint density at radius 1 is 1.42 bits per heavy atom. The maximum atomic E-state index is 13.7. The van der Waals surface area contributed by atoms with Crippen LogP contribution in [0.1, 0.15) is 10.8 Å². The summed E-state index contributed by atoms with van der Waals surface area (Å²) in [4.78, 5) is 8.69. The van der Waals surface area contributed by atoms with Crippen LogP contribution in [0.2, 0.25) is 0 Å². The van der Waals surface area contributed by atoms with Crippen LogP contribution in [0.5, 0.6) is 0 Å². The molecule has 0 aliphatic carbocycles. The minimum Gasteiger partial charge on any atom is -0.320 e. The second kappa shape index (κ2) is 5.34. The fourth-order valence-electron chi connectivity index (χ4n) is 1.91. The number of hydrogen-bond donors (Lipinski definition) is 0. The Hall–Kier alpha value is -0.730. The van der Waals surface area contributed by atoms with E-state index < -0.39 is 0 Å². The minimum atomic E-state index is -0.241. The van der Waals surface area contributed by atoms with Gasteiger partial charge >= 0.3 is 0 Å². The third kappa shape index (κ3) is 2.48. The predicted molar refractivity (Wildman–Crippen MR) is 83.2 cm³/mol. The Kier molecular flexibility index (Phi) is 3.72. The van der Waals surface area contributed by atoms with Crippen molar-refractivity contribution < 1.29 is 4.39 Å². The van der Waals surface area contributed by atoms with Gasteiger partial charge in [0.05, 0.1) is 27.0 Å². The number of rotatable bonds is 3. The Morgan fingerprint density at radius 3 is 2.95 bits per heavy atom.